The number of hydrogen-bond donors (Lipinski definition) is 1. The van der Waals surface area contributed by atoms with Crippen LogP contribution in [0.5, 0.6) is 0 Å². The Morgan fingerprint density at radius 2 is 2.00 bits per heavy atom. The molecule has 4 heteroatoms. The van der Waals surface area contributed by atoms with E-state index in [1.807, 2.05) is 14.1 Å². The molecule has 4 nitrogen and oxygen atoms in total. The van der Waals surface area contributed by atoms with E-state index in [0.717, 1.165) is 24.2 Å². The highest BCUT2D eigenvalue weighted by Crippen LogP contribution is 2.51. The second kappa shape index (κ2) is 6.91. The minimum atomic E-state index is 0. The van der Waals surface area contributed by atoms with Gasteiger partial charge in [0.1, 0.15) is 0 Å². The molecule has 1 N–H and O–H groups in total. The number of benzene rings is 1. The fourth-order valence-corrected chi connectivity index (χ4v) is 6.37. The molecule has 1 spiro atoms. The molecule has 1 saturated heterocycles. The first-order valence-electron chi connectivity index (χ1n) is 11.0. The molecule has 4 atom stereocenters. The Balaban J connectivity index is 0.00000128. The maximum Gasteiger partial charge on any atom is 0.317 e. The summed E-state index contributed by atoms with van der Waals surface area (Å²) in [6.45, 7) is 3.67. The molecule has 1 aliphatic heterocycles. The van der Waals surface area contributed by atoms with Gasteiger partial charge in [-0.1, -0.05) is 36.4 Å². The standard InChI is InChI=1S/C24H33N3O.2H2/c1-26(2)23(28)25-22-15-24(21-6-4-3-5-20(21)22)9-11-27(12-10-24)16-19-14-17-7-8-18(19)13-17;;/h3-8,17-19,22H,9-16H2,1-2H3,(H,25,28);2*1H/t17-,18?,19-,22-;;/m0../s1. The van der Waals surface area contributed by atoms with Crippen LogP contribution in [0.1, 0.15) is 52.1 Å². The molecule has 4 aliphatic rings. The number of nitrogens with one attached hydrogen (secondary N) is 1. The van der Waals surface area contributed by atoms with Gasteiger partial charge in [-0.15, -0.1) is 0 Å². The van der Waals surface area contributed by atoms with Crippen molar-refractivity contribution in [2.75, 3.05) is 33.7 Å². The lowest BCUT2D eigenvalue weighted by Crippen LogP contribution is -2.44. The van der Waals surface area contributed by atoms with E-state index in [1.165, 1.54) is 56.4 Å². The number of likely N-dealkylation sites (tertiary alicyclic amines) is 1. The molecule has 28 heavy (non-hydrogen) atoms. The summed E-state index contributed by atoms with van der Waals surface area (Å²) in [5.41, 5.74) is 3.07. The maximum atomic E-state index is 12.3. The first-order valence-corrected chi connectivity index (χ1v) is 11.0. The summed E-state index contributed by atoms with van der Waals surface area (Å²) >= 11 is 0. The van der Waals surface area contributed by atoms with Gasteiger partial charge in [-0.05, 0) is 74.1 Å². The van der Waals surface area contributed by atoms with Crippen LogP contribution in [-0.2, 0) is 5.41 Å². The summed E-state index contributed by atoms with van der Waals surface area (Å²) in [5.74, 6) is 2.60. The van der Waals surface area contributed by atoms with Crippen molar-refractivity contribution in [1.82, 2.24) is 15.1 Å². The number of piperidine rings is 1. The van der Waals surface area contributed by atoms with E-state index in [-0.39, 0.29) is 20.3 Å². The van der Waals surface area contributed by atoms with Gasteiger partial charge in [0.05, 0.1) is 6.04 Å². The highest BCUT2D eigenvalue weighted by atomic mass is 16.2. The Hall–Kier alpha value is -1.81. The monoisotopic (exact) mass is 383 g/mol. The summed E-state index contributed by atoms with van der Waals surface area (Å²) in [6, 6.07) is 8.98. The molecule has 3 aliphatic carbocycles. The second-order valence-corrected chi connectivity index (χ2v) is 9.81. The molecule has 0 radical (unpaired) electrons. The van der Waals surface area contributed by atoms with E-state index in [1.54, 1.807) is 4.90 Å². The van der Waals surface area contributed by atoms with Gasteiger partial charge in [0.2, 0.25) is 0 Å². The van der Waals surface area contributed by atoms with E-state index in [0.29, 0.717) is 0 Å². The highest BCUT2D eigenvalue weighted by molar-refractivity contribution is 5.74. The normalized spacial score (nSPS) is 32.6. The number of rotatable bonds is 3. The van der Waals surface area contributed by atoms with Gasteiger partial charge in [-0.25, -0.2) is 4.79 Å². The van der Waals surface area contributed by atoms with Crippen molar-refractivity contribution in [3.05, 3.63) is 47.5 Å². The fourth-order valence-electron chi connectivity index (χ4n) is 6.37. The van der Waals surface area contributed by atoms with E-state index >= 15 is 0 Å². The summed E-state index contributed by atoms with van der Waals surface area (Å²) in [4.78, 5) is 16.6. The number of carbonyl (C=O) groups excluding carboxylic acids is 1. The number of nitrogens with zero attached hydrogens (tertiary/aromatic N) is 2. The highest BCUT2D eigenvalue weighted by Gasteiger charge is 2.46. The summed E-state index contributed by atoms with van der Waals surface area (Å²) < 4.78 is 0. The van der Waals surface area contributed by atoms with Gasteiger partial charge < -0.3 is 15.1 Å². The maximum absolute atomic E-state index is 12.3. The molecule has 1 saturated carbocycles. The Kier molecular flexibility index (Phi) is 4.50. The zero-order chi connectivity index (χ0) is 19.3. The fraction of sp³-hybridized carbons (Fsp3) is 0.625. The van der Waals surface area contributed by atoms with Crippen molar-refractivity contribution in [3.63, 3.8) is 0 Å². The molecule has 2 amide bonds. The minimum Gasteiger partial charge on any atom is -0.331 e. The van der Waals surface area contributed by atoms with Gasteiger partial charge in [0.25, 0.3) is 0 Å². The molecule has 2 fully saturated rings. The predicted octanol–water partition coefficient (Wildman–Crippen LogP) is 4.44. The quantitative estimate of drug-likeness (QED) is 0.783. The molecule has 154 valence electrons. The third-order valence-electron chi connectivity index (χ3n) is 7.93. The molecular weight excluding hydrogens is 346 g/mol. The lowest BCUT2D eigenvalue weighted by atomic mass is 9.73. The van der Waals surface area contributed by atoms with Gasteiger partial charge in [0.15, 0.2) is 0 Å². The van der Waals surface area contributed by atoms with Crippen LogP contribution in [0.25, 0.3) is 0 Å². The summed E-state index contributed by atoms with van der Waals surface area (Å²) in [7, 11) is 3.63. The van der Waals surface area contributed by atoms with Crippen LogP contribution in [-0.4, -0.2) is 49.6 Å². The molecule has 1 aromatic rings. The zero-order valence-corrected chi connectivity index (χ0v) is 17.2. The van der Waals surface area contributed by atoms with Crippen LogP contribution in [0, 0.1) is 17.8 Å². The van der Waals surface area contributed by atoms with Crippen molar-refractivity contribution >= 4 is 6.03 Å². The van der Waals surface area contributed by atoms with Crippen LogP contribution < -0.4 is 5.32 Å². The van der Waals surface area contributed by atoms with Crippen LogP contribution in [0.3, 0.4) is 0 Å². The Labute approximate surface area is 171 Å². The number of hydrogen-bond acceptors (Lipinski definition) is 2. The molecular formula is C24H37N3O. The molecule has 2 bridgehead atoms. The van der Waals surface area contributed by atoms with Crippen LogP contribution in [0.4, 0.5) is 4.79 Å². The SMILES string of the molecule is CN(C)C(=O)N[C@H]1CC2(CCN(C[C@@H]3C[C@H]4C=CC3C4)CC2)c2ccccc21.[HH].[HH]. The van der Waals surface area contributed by atoms with E-state index in [4.69, 9.17) is 0 Å². The van der Waals surface area contributed by atoms with E-state index in [2.05, 4.69) is 46.6 Å². The number of urea groups is 1. The Morgan fingerprint density at radius 3 is 2.68 bits per heavy atom. The largest absolute Gasteiger partial charge is 0.331 e. The number of amides is 2. The minimum absolute atomic E-state index is 0. The van der Waals surface area contributed by atoms with Crippen LogP contribution >= 0.6 is 0 Å². The third-order valence-corrected chi connectivity index (χ3v) is 7.93. The molecule has 5 rings (SSSR count). The number of allylic oxidation sites excluding steroid dienone is 2. The average Bonchev–Trinajstić information content (AvgIpc) is 3.39. The third kappa shape index (κ3) is 3.06. The Morgan fingerprint density at radius 1 is 1.21 bits per heavy atom. The van der Waals surface area contributed by atoms with Gasteiger partial charge >= 0.3 is 6.03 Å². The lowest BCUT2D eigenvalue weighted by molar-refractivity contribution is 0.128. The number of fused-ring (bicyclic) bond motifs is 4. The van der Waals surface area contributed by atoms with Crippen molar-refractivity contribution in [2.45, 2.75) is 43.6 Å². The smallest absolute Gasteiger partial charge is 0.317 e. The average molecular weight is 384 g/mol. The topological polar surface area (TPSA) is 35.6 Å². The molecule has 1 unspecified atom stereocenters. The van der Waals surface area contributed by atoms with E-state index in [9.17, 15) is 4.79 Å². The predicted molar refractivity (Wildman–Crippen MR) is 116 cm³/mol. The van der Waals surface area contributed by atoms with Crippen LogP contribution in [0.15, 0.2) is 36.4 Å². The van der Waals surface area contributed by atoms with Crippen molar-refractivity contribution < 1.29 is 7.65 Å². The van der Waals surface area contributed by atoms with Crippen molar-refractivity contribution in [2.24, 2.45) is 17.8 Å². The summed E-state index contributed by atoms with van der Waals surface area (Å²) in [6.07, 6.45) is 11.2. The van der Waals surface area contributed by atoms with Crippen molar-refractivity contribution in [3.8, 4) is 0 Å². The first kappa shape index (κ1) is 18.2. The van der Waals surface area contributed by atoms with Gasteiger partial charge in [-0.2, -0.15) is 0 Å². The molecule has 1 aromatic carbocycles. The van der Waals surface area contributed by atoms with Gasteiger partial charge in [-0.3, -0.25) is 0 Å². The first-order chi connectivity index (χ1) is 13.5. The van der Waals surface area contributed by atoms with Gasteiger partial charge in [0, 0.05) is 28.9 Å². The van der Waals surface area contributed by atoms with Crippen molar-refractivity contribution in [1.29, 1.82) is 0 Å². The Bertz CT molecular complexity index is 788. The zero-order valence-electron chi connectivity index (χ0n) is 17.2. The molecule has 0 aromatic heterocycles. The number of carbonyl (C=O) groups is 1. The van der Waals surface area contributed by atoms with E-state index < -0.39 is 0 Å². The lowest BCUT2D eigenvalue weighted by Gasteiger charge is -2.41. The summed E-state index contributed by atoms with van der Waals surface area (Å²) in [5, 5.41) is 3.26. The molecule has 1 heterocycles. The second-order valence-electron chi connectivity index (χ2n) is 9.81. The van der Waals surface area contributed by atoms with Crippen LogP contribution in [0.2, 0.25) is 0 Å².